The minimum Gasteiger partial charge on any atom is -0.344 e. The molecule has 0 aliphatic heterocycles. The van der Waals surface area contributed by atoms with Gasteiger partial charge in [-0.15, -0.1) is 0 Å². The Morgan fingerprint density at radius 3 is 2.61 bits per heavy atom. The second-order valence-electron chi connectivity index (χ2n) is 4.14. The van der Waals surface area contributed by atoms with Crippen molar-refractivity contribution in [1.29, 1.82) is 0 Å². The molecule has 1 N–H and O–H groups in total. The fraction of sp³-hybridized carbons (Fsp3) is 0.214. The fourth-order valence-electron chi connectivity index (χ4n) is 1.68. The molecule has 0 aliphatic rings. The average molecular weight is 241 g/mol. The molecule has 0 bridgehead atoms. The van der Waals surface area contributed by atoms with Gasteiger partial charge in [0.25, 0.3) is 5.91 Å². The zero-order chi connectivity index (χ0) is 13.0. The summed E-state index contributed by atoms with van der Waals surface area (Å²) in [6, 6.07) is 9.10. The van der Waals surface area contributed by atoms with Crippen LogP contribution in [0, 0.1) is 6.92 Å². The van der Waals surface area contributed by atoms with Crippen molar-refractivity contribution >= 4 is 5.91 Å². The second-order valence-corrected chi connectivity index (χ2v) is 4.14. The van der Waals surface area contributed by atoms with Crippen LogP contribution in [0.25, 0.3) is 0 Å². The van der Waals surface area contributed by atoms with E-state index >= 15 is 0 Å². The van der Waals surface area contributed by atoms with Gasteiger partial charge >= 0.3 is 0 Å². The molecule has 2 heterocycles. The van der Waals surface area contributed by atoms with Crippen LogP contribution < -0.4 is 5.32 Å². The predicted molar refractivity (Wildman–Crippen MR) is 69.1 cm³/mol. The standard InChI is InChI=1S/C14H15N3O/c1-10-4-3-5-13(16-10)14(18)17-11(2)12-6-8-15-9-7-12/h3-9,11H,1-2H3,(H,17,18). The highest BCUT2D eigenvalue weighted by atomic mass is 16.1. The van der Waals surface area contributed by atoms with Gasteiger partial charge in [-0.3, -0.25) is 9.78 Å². The number of amides is 1. The smallest absolute Gasteiger partial charge is 0.270 e. The number of carbonyl (C=O) groups excluding carboxylic acids is 1. The normalized spacial score (nSPS) is 11.9. The molecule has 4 nitrogen and oxygen atoms in total. The van der Waals surface area contributed by atoms with E-state index in [0.29, 0.717) is 5.69 Å². The van der Waals surface area contributed by atoms with Crippen LogP contribution in [0.4, 0.5) is 0 Å². The van der Waals surface area contributed by atoms with Crippen LogP contribution in [0.5, 0.6) is 0 Å². The molecule has 2 aromatic rings. The van der Waals surface area contributed by atoms with Gasteiger partial charge in [-0.1, -0.05) is 6.07 Å². The zero-order valence-corrected chi connectivity index (χ0v) is 10.4. The van der Waals surface area contributed by atoms with Crippen LogP contribution in [0.1, 0.15) is 34.7 Å². The topological polar surface area (TPSA) is 54.9 Å². The zero-order valence-electron chi connectivity index (χ0n) is 10.4. The number of rotatable bonds is 3. The Hall–Kier alpha value is -2.23. The first-order chi connectivity index (χ1) is 8.66. The molecular weight excluding hydrogens is 226 g/mol. The number of carbonyl (C=O) groups is 1. The van der Waals surface area contributed by atoms with E-state index in [1.807, 2.05) is 38.1 Å². The summed E-state index contributed by atoms with van der Waals surface area (Å²) in [4.78, 5) is 20.1. The van der Waals surface area contributed by atoms with E-state index in [-0.39, 0.29) is 11.9 Å². The van der Waals surface area contributed by atoms with Crippen LogP contribution in [0.2, 0.25) is 0 Å². The Bertz CT molecular complexity index is 540. The summed E-state index contributed by atoms with van der Waals surface area (Å²) >= 11 is 0. The predicted octanol–water partition coefficient (Wildman–Crippen LogP) is 2.28. The van der Waals surface area contributed by atoms with Gasteiger partial charge in [-0.2, -0.15) is 0 Å². The first-order valence-corrected chi connectivity index (χ1v) is 5.81. The van der Waals surface area contributed by atoms with Gasteiger partial charge in [0.2, 0.25) is 0 Å². The SMILES string of the molecule is Cc1cccc(C(=O)NC(C)c2ccncc2)n1. The van der Waals surface area contributed by atoms with E-state index in [1.54, 1.807) is 18.5 Å². The lowest BCUT2D eigenvalue weighted by Gasteiger charge is -2.13. The van der Waals surface area contributed by atoms with E-state index in [4.69, 9.17) is 0 Å². The summed E-state index contributed by atoms with van der Waals surface area (Å²) in [5, 5.41) is 2.91. The summed E-state index contributed by atoms with van der Waals surface area (Å²) in [5.41, 5.74) is 2.29. The van der Waals surface area contributed by atoms with Crippen LogP contribution >= 0.6 is 0 Å². The Morgan fingerprint density at radius 2 is 1.94 bits per heavy atom. The highest BCUT2D eigenvalue weighted by Crippen LogP contribution is 2.11. The molecule has 0 spiro atoms. The third kappa shape index (κ3) is 2.91. The largest absolute Gasteiger partial charge is 0.344 e. The lowest BCUT2D eigenvalue weighted by molar-refractivity contribution is 0.0934. The molecule has 1 amide bonds. The van der Waals surface area contributed by atoms with Crippen LogP contribution in [0.3, 0.4) is 0 Å². The van der Waals surface area contributed by atoms with Crippen LogP contribution in [-0.2, 0) is 0 Å². The minimum absolute atomic E-state index is 0.0668. The molecule has 2 rings (SSSR count). The molecule has 1 unspecified atom stereocenters. The van der Waals surface area contributed by atoms with Gasteiger partial charge in [0, 0.05) is 18.1 Å². The molecule has 2 aromatic heterocycles. The second kappa shape index (κ2) is 5.40. The number of hydrogen-bond donors (Lipinski definition) is 1. The van der Waals surface area contributed by atoms with Gasteiger partial charge in [-0.05, 0) is 43.7 Å². The molecule has 18 heavy (non-hydrogen) atoms. The van der Waals surface area contributed by atoms with Crippen molar-refractivity contribution in [3.05, 3.63) is 59.7 Å². The third-order valence-corrected chi connectivity index (χ3v) is 2.67. The van der Waals surface area contributed by atoms with Gasteiger partial charge in [0.15, 0.2) is 0 Å². The maximum atomic E-state index is 12.0. The quantitative estimate of drug-likeness (QED) is 0.896. The maximum Gasteiger partial charge on any atom is 0.270 e. The number of nitrogens with zero attached hydrogens (tertiary/aromatic N) is 2. The summed E-state index contributed by atoms with van der Waals surface area (Å²) in [7, 11) is 0. The van der Waals surface area contributed by atoms with Crippen molar-refractivity contribution in [2.45, 2.75) is 19.9 Å². The lowest BCUT2D eigenvalue weighted by Crippen LogP contribution is -2.27. The molecule has 0 saturated carbocycles. The Labute approximate surface area is 106 Å². The van der Waals surface area contributed by atoms with Gasteiger partial charge in [-0.25, -0.2) is 4.98 Å². The first-order valence-electron chi connectivity index (χ1n) is 5.81. The van der Waals surface area contributed by atoms with Crippen molar-refractivity contribution in [2.75, 3.05) is 0 Å². The van der Waals surface area contributed by atoms with E-state index in [0.717, 1.165) is 11.3 Å². The van der Waals surface area contributed by atoms with E-state index in [1.165, 1.54) is 0 Å². The summed E-state index contributed by atoms with van der Waals surface area (Å²) in [6.45, 7) is 3.80. The van der Waals surface area contributed by atoms with Gasteiger partial charge < -0.3 is 5.32 Å². The summed E-state index contributed by atoms with van der Waals surface area (Å²) in [5.74, 6) is -0.164. The Kier molecular flexibility index (Phi) is 3.67. The summed E-state index contributed by atoms with van der Waals surface area (Å²) in [6.07, 6.45) is 3.42. The van der Waals surface area contributed by atoms with E-state index in [9.17, 15) is 4.79 Å². The molecule has 0 radical (unpaired) electrons. The fourth-order valence-corrected chi connectivity index (χ4v) is 1.68. The molecule has 0 saturated heterocycles. The van der Waals surface area contributed by atoms with E-state index in [2.05, 4.69) is 15.3 Å². The monoisotopic (exact) mass is 241 g/mol. The summed E-state index contributed by atoms with van der Waals surface area (Å²) < 4.78 is 0. The first kappa shape index (κ1) is 12.2. The highest BCUT2D eigenvalue weighted by molar-refractivity contribution is 5.92. The highest BCUT2D eigenvalue weighted by Gasteiger charge is 2.12. The van der Waals surface area contributed by atoms with Gasteiger partial charge in [0.1, 0.15) is 5.69 Å². The van der Waals surface area contributed by atoms with Crippen molar-refractivity contribution in [3.63, 3.8) is 0 Å². The molecule has 0 fully saturated rings. The molecule has 4 heteroatoms. The molecule has 1 atom stereocenters. The number of hydrogen-bond acceptors (Lipinski definition) is 3. The third-order valence-electron chi connectivity index (χ3n) is 2.67. The Morgan fingerprint density at radius 1 is 1.22 bits per heavy atom. The Balaban J connectivity index is 2.08. The van der Waals surface area contributed by atoms with Gasteiger partial charge in [0.05, 0.1) is 6.04 Å². The molecular formula is C14H15N3O. The molecule has 0 aromatic carbocycles. The van der Waals surface area contributed by atoms with Crippen molar-refractivity contribution in [3.8, 4) is 0 Å². The number of aromatic nitrogens is 2. The van der Waals surface area contributed by atoms with Crippen molar-refractivity contribution < 1.29 is 4.79 Å². The average Bonchev–Trinajstić information content (AvgIpc) is 2.39. The number of nitrogens with one attached hydrogen (secondary N) is 1. The van der Waals surface area contributed by atoms with Crippen LogP contribution in [0.15, 0.2) is 42.7 Å². The maximum absolute atomic E-state index is 12.0. The minimum atomic E-state index is -0.164. The number of pyridine rings is 2. The lowest BCUT2D eigenvalue weighted by atomic mass is 10.1. The van der Waals surface area contributed by atoms with Crippen molar-refractivity contribution in [2.24, 2.45) is 0 Å². The number of aryl methyl sites for hydroxylation is 1. The molecule has 0 aliphatic carbocycles. The van der Waals surface area contributed by atoms with Crippen molar-refractivity contribution in [1.82, 2.24) is 15.3 Å². The van der Waals surface area contributed by atoms with Crippen LogP contribution in [-0.4, -0.2) is 15.9 Å². The van der Waals surface area contributed by atoms with E-state index < -0.39 is 0 Å². The molecule has 92 valence electrons.